The molecule has 0 aromatic heterocycles. The highest BCUT2D eigenvalue weighted by Crippen LogP contribution is 2.13. The van der Waals surface area contributed by atoms with Gasteiger partial charge in [-0.15, -0.1) is 6.58 Å². The zero-order chi connectivity index (χ0) is 11.5. The summed E-state index contributed by atoms with van der Waals surface area (Å²) in [5.41, 5.74) is 0. The van der Waals surface area contributed by atoms with Gasteiger partial charge >= 0.3 is 0 Å². The van der Waals surface area contributed by atoms with Gasteiger partial charge in [0.05, 0.1) is 12.2 Å². The molecule has 2 atom stereocenters. The van der Waals surface area contributed by atoms with Crippen LogP contribution in [0.3, 0.4) is 0 Å². The molecule has 0 saturated carbocycles. The molecule has 0 spiro atoms. The molecule has 2 unspecified atom stereocenters. The first-order valence-corrected chi connectivity index (χ1v) is 6.08. The van der Waals surface area contributed by atoms with Gasteiger partial charge in [-0.05, 0) is 6.42 Å². The van der Waals surface area contributed by atoms with Gasteiger partial charge in [-0.2, -0.15) is 0 Å². The number of rotatable bonds is 10. The number of ether oxygens (including phenoxy) is 1. The Labute approximate surface area is 94.3 Å². The van der Waals surface area contributed by atoms with E-state index in [2.05, 4.69) is 13.5 Å². The molecule has 0 aliphatic rings. The Balaban J connectivity index is 3.48. The molecule has 0 amide bonds. The van der Waals surface area contributed by atoms with Gasteiger partial charge < -0.3 is 9.84 Å². The summed E-state index contributed by atoms with van der Waals surface area (Å²) in [4.78, 5) is 0. The van der Waals surface area contributed by atoms with E-state index < -0.39 is 6.10 Å². The number of methoxy groups -OCH3 is 1. The van der Waals surface area contributed by atoms with Crippen LogP contribution in [0.25, 0.3) is 0 Å². The van der Waals surface area contributed by atoms with Crippen molar-refractivity contribution < 1.29 is 9.84 Å². The van der Waals surface area contributed by atoms with Crippen LogP contribution in [0, 0.1) is 0 Å². The molecule has 0 aliphatic heterocycles. The molecule has 0 aromatic carbocycles. The van der Waals surface area contributed by atoms with Gasteiger partial charge in [0.15, 0.2) is 0 Å². The molecule has 2 heteroatoms. The molecule has 2 nitrogen and oxygen atoms in total. The van der Waals surface area contributed by atoms with E-state index in [0.29, 0.717) is 6.42 Å². The maximum atomic E-state index is 9.40. The van der Waals surface area contributed by atoms with Crippen LogP contribution in [0.5, 0.6) is 0 Å². The molecule has 15 heavy (non-hydrogen) atoms. The molecule has 0 fully saturated rings. The zero-order valence-corrected chi connectivity index (χ0v) is 10.2. The van der Waals surface area contributed by atoms with E-state index in [-0.39, 0.29) is 6.10 Å². The van der Waals surface area contributed by atoms with Crippen molar-refractivity contribution in [1.82, 2.24) is 0 Å². The largest absolute Gasteiger partial charge is 0.389 e. The lowest BCUT2D eigenvalue weighted by Gasteiger charge is -2.16. The Bertz CT molecular complexity index is 145. The zero-order valence-electron chi connectivity index (χ0n) is 10.2. The number of aliphatic hydroxyl groups is 1. The Kier molecular flexibility index (Phi) is 9.96. The lowest BCUT2D eigenvalue weighted by Crippen LogP contribution is -2.18. The van der Waals surface area contributed by atoms with Crippen molar-refractivity contribution in [2.75, 3.05) is 7.11 Å². The molecule has 1 N–H and O–H groups in total. The second kappa shape index (κ2) is 10.2. The van der Waals surface area contributed by atoms with Gasteiger partial charge in [0.2, 0.25) is 0 Å². The molecule has 0 saturated heterocycles. The maximum absolute atomic E-state index is 9.40. The van der Waals surface area contributed by atoms with Crippen LogP contribution in [-0.4, -0.2) is 24.4 Å². The van der Waals surface area contributed by atoms with E-state index in [1.54, 1.807) is 13.2 Å². The van der Waals surface area contributed by atoms with E-state index in [0.717, 1.165) is 6.42 Å². The van der Waals surface area contributed by atoms with Crippen LogP contribution in [0.4, 0.5) is 0 Å². The number of unbranched alkanes of at least 4 members (excludes halogenated alkanes) is 4. The molecule has 0 aliphatic carbocycles. The van der Waals surface area contributed by atoms with Gasteiger partial charge in [-0.25, -0.2) is 0 Å². The molecule has 0 radical (unpaired) electrons. The summed E-state index contributed by atoms with van der Waals surface area (Å²) in [5, 5.41) is 9.40. The minimum Gasteiger partial charge on any atom is -0.389 e. The van der Waals surface area contributed by atoms with Crippen molar-refractivity contribution >= 4 is 0 Å². The fourth-order valence-corrected chi connectivity index (χ4v) is 1.67. The normalized spacial score (nSPS) is 14.9. The molecule has 0 heterocycles. The van der Waals surface area contributed by atoms with Crippen molar-refractivity contribution in [1.29, 1.82) is 0 Å². The first-order valence-electron chi connectivity index (χ1n) is 6.08. The van der Waals surface area contributed by atoms with Crippen LogP contribution in [0.2, 0.25) is 0 Å². The molecule has 0 rings (SSSR count). The fraction of sp³-hybridized carbons (Fsp3) is 0.846. The highest BCUT2D eigenvalue weighted by atomic mass is 16.5. The van der Waals surface area contributed by atoms with Crippen LogP contribution in [0.1, 0.15) is 51.9 Å². The van der Waals surface area contributed by atoms with Crippen molar-refractivity contribution in [2.45, 2.75) is 64.1 Å². The highest BCUT2D eigenvalue weighted by Gasteiger charge is 2.10. The summed E-state index contributed by atoms with van der Waals surface area (Å²) >= 11 is 0. The minimum atomic E-state index is -0.425. The first-order chi connectivity index (χ1) is 7.24. The van der Waals surface area contributed by atoms with Gasteiger partial charge in [0.25, 0.3) is 0 Å². The van der Waals surface area contributed by atoms with Crippen LogP contribution >= 0.6 is 0 Å². The third-order valence-corrected chi connectivity index (χ3v) is 2.74. The summed E-state index contributed by atoms with van der Waals surface area (Å²) in [6.45, 7) is 5.78. The Morgan fingerprint density at radius 3 is 2.47 bits per heavy atom. The topological polar surface area (TPSA) is 29.5 Å². The van der Waals surface area contributed by atoms with Crippen LogP contribution in [-0.2, 0) is 4.74 Å². The summed E-state index contributed by atoms with van der Waals surface area (Å²) < 4.78 is 5.32. The van der Waals surface area contributed by atoms with E-state index in [9.17, 15) is 5.11 Å². The number of hydrogen-bond acceptors (Lipinski definition) is 2. The molecule has 0 aromatic rings. The summed E-state index contributed by atoms with van der Waals surface area (Å²) in [6, 6.07) is 0. The van der Waals surface area contributed by atoms with Gasteiger partial charge in [0, 0.05) is 13.5 Å². The minimum absolute atomic E-state index is 0.180. The molecular formula is C13H26O2. The second-order valence-corrected chi connectivity index (χ2v) is 4.10. The van der Waals surface area contributed by atoms with Crippen molar-refractivity contribution in [3.05, 3.63) is 12.7 Å². The quantitative estimate of drug-likeness (QED) is 0.446. The fourth-order valence-electron chi connectivity index (χ4n) is 1.67. The van der Waals surface area contributed by atoms with E-state index >= 15 is 0 Å². The monoisotopic (exact) mass is 214 g/mol. The van der Waals surface area contributed by atoms with Crippen molar-refractivity contribution in [3.63, 3.8) is 0 Å². The van der Waals surface area contributed by atoms with Crippen LogP contribution < -0.4 is 0 Å². The van der Waals surface area contributed by atoms with E-state index in [1.165, 1.54) is 32.1 Å². The van der Waals surface area contributed by atoms with E-state index in [1.807, 2.05) is 0 Å². The molecule has 90 valence electrons. The average molecular weight is 214 g/mol. The van der Waals surface area contributed by atoms with Gasteiger partial charge in [0.1, 0.15) is 0 Å². The van der Waals surface area contributed by atoms with Gasteiger partial charge in [-0.3, -0.25) is 0 Å². The number of aliphatic hydroxyl groups excluding tert-OH is 1. The average Bonchev–Trinajstić information content (AvgIpc) is 2.26. The molecule has 0 bridgehead atoms. The summed E-state index contributed by atoms with van der Waals surface area (Å²) in [7, 11) is 1.71. The standard InChI is InChI=1S/C13H26O2/c1-4-6-7-8-9-10-13(15-3)11-12(14)5-2/h5,12-14H,2,4,6-11H2,1,3H3. The Morgan fingerprint density at radius 1 is 1.27 bits per heavy atom. The smallest absolute Gasteiger partial charge is 0.0743 e. The van der Waals surface area contributed by atoms with Crippen molar-refractivity contribution in [3.8, 4) is 0 Å². The predicted molar refractivity (Wildman–Crippen MR) is 65.0 cm³/mol. The maximum Gasteiger partial charge on any atom is 0.0743 e. The predicted octanol–water partition coefficient (Wildman–Crippen LogP) is 3.30. The van der Waals surface area contributed by atoms with Crippen LogP contribution in [0.15, 0.2) is 12.7 Å². The van der Waals surface area contributed by atoms with E-state index in [4.69, 9.17) is 4.74 Å². The lowest BCUT2D eigenvalue weighted by molar-refractivity contribution is 0.0527. The molecular weight excluding hydrogens is 188 g/mol. The van der Waals surface area contributed by atoms with Crippen molar-refractivity contribution in [2.24, 2.45) is 0 Å². The SMILES string of the molecule is C=CC(O)CC(CCCCCCC)OC. The first kappa shape index (κ1) is 14.7. The third kappa shape index (κ3) is 8.64. The Morgan fingerprint density at radius 2 is 1.93 bits per heavy atom. The summed E-state index contributed by atoms with van der Waals surface area (Å²) in [5.74, 6) is 0. The lowest BCUT2D eigenvalue weighted by atomic mass is 10.0. The highest BCUT2D eigenvalue weighted by molar-refractivity contribution is 4.80. The number of hydrogen-bond donors (Lipinski definition) is 1. The third-order valence-electron chi connectivity index (χ3n) is 2.74. The summed E-state index contributed by atoms with van der Waals surface area (Å²) in [6.07, 6.45) is 9.44. The second-order valence-electron chi connectivity index (χ2n) is 4.10. The Hall–Kier alpha value is -0.340. The van der Waals surface area contributed by atoms with Gasteiger partial charge in [-0.1, -0.05) is 45.1 Å².